The summed E-state index contributed by atoms with van der Waals surface area (Å²) in [5.41, 5.74) is 9.69. The molecule has 2 heterocycles. The van der Waals surface area contributed by atoms with Crippen LogP contribution in [0.2, 0.25) is 5.02 Å². The van der Waals surface area contributed by atoms with E-state index >= 15 is 0 Å². The Kier molecular flexibility index (Phi) is 6.14. The normalized spacial score (nSPS) is 12.7. The minimum atomic E-state index is -0.523. The smallest absolute Gasteiger partial charge is 0.225 e. The first kappa shape index (κ1) is 21.1. The fourth-order valence-corrected chi connectivity index (χ4v) is 3.11. The molecule has 0 amide bonds. The fourth-order valence-electron chi connectivity index (χ4n) is 2.99. The molecule has 0 aliphatic rings. The van der Waals surface area contributed by atoms with E-state index in [-0.39, 0.29) is 12.0 Å². The van der Waals surface area contributed by atoms with Gasteiger partial charge in [-0.25, -0.2) is 4.98 Å². The molecule has 0 fully saturated rings. The van der Waals surface area contributed by atoms with Crippen LogP contribution in [0.4, 0.5) is 23.1 Å². The van der Waals surface area contributed by atoms with Crippen molar-refractivity contribution in [1.82, 2.24) is 19.7 Å². The first-order valence-corrected chi connectivity index (χ1v) is 10.1. The van der Waals surface area contributed by atoms with Gasteiger partial charge in [-0.3, -0.25) is 4.68 Å². The molecule has 8 nitrogen and oxygen atoms in total. The molecule has 1 unspecified atom stereocenters. The Morgan fingerprint density at radius 2 is 1.90 bits per heavy atom. The number of aliphatic hydroxyl groups excluding tert-OH is 1. The topological polar surface area (TPSA) is 114 Å². The van der Waals surface area contributed by atoms with Gasteiger partial charge in [-0.1, -0.05) is 25.4 Å². The van der Waals surface area contributed by atoms with Crippen molar-refractivity contribution in [3.05, 3.63) is 28.9 Å². The molecule has 0 saturated carbocycles. The van der Waals surface area contributed by atoms with E-state index in [4.69, 9.17) is 27.4 Å². The number of nitrogen functional groups attached to an aromatic ring is 1. The van der Waals surface area contributed by atoms with Crippen molar-refractivity contribution in [3.63, 3.8) is 0 Å². The van der Waals surface area contributed by atoms with Crippen molar-refractivity contribution in [1.29, 1.82) is 0 Å². The number of hydrogen-bond acceptors (Lipinski definition) is 7. The minimum absolute atomic E-state index is 0.126. The van der Waals surface area contributed by atoms with Crippen molar-refractivity contribution >= 4 is 45.8 Å². The number of nitrogens with zero attached hydrogens (tertiary/aromatic N) is 4. The number of benzene rings is 1. The predicted octanol–water partition coefficient (Wildman–Crippen LogP) is 4.30. The molecule has 0 saturated heterocycles. The van der Waals surface area contributed by atoms with Gasteiger partial charge in [-0.15, -0.1) is 0 Å². The van der Waals surface area contributed by atoms with Crippen LogP contribution < -0.4 is 16.4 Å². The number of anilines is 4. The molecule has 1 atom stereocenters. The van der Waals surface area contributed by atoms with Crippen LogP contribution in [0.1, 0.15) is 52.3 Å². The highest BCUT2D eigenvalue weighted by Crippen LogP contribution is 2.33. The number of nitrogens with two attached hydrogens (primary N) is 1. The lowest BCUT2D eigenvalue weighted by Gasteiger charge is -2.14. The molecular formula is C20H28ClN7O. The van der Waals surface area contributed by atoms with Gasteiger partial charge in [0.1, 0.15) is 11.0 Å². The molecule has 0 aliphatic heterocycles. The van der Waals surface area contributed by atoms with Gasteiger partial charge < -0.3 is 21.5 Å². The molecule has 0 radical (unpaired) electrons. The van der Waals surface area contributed by atoms with Gasteiger partial charge in [-0.2, -0.15) is 10.1 Å². The number of nitrogens with one attached hydrogen (secondary N) is 2. The molecular weight excluding hydrogens is 390 g/mol. The van der Waals surface area contributed by atoms with Crippen molar-refractivity contribution in [2.24, 2.45) is 0 Å². The number of fused-ring (bicyclic) bond motifs is 1. The predicted molar refractivity (Wildman–Crippen MR) is 119 cm³/mol. The van der Waals surface area contributed by atoms with E-state index in [0.29, 0.717) is 29.0 Å². The molecule has 156 valence electrons. The lowest BCUT2D eigenvalue weighted by Crippen LogP contribution is -2.17. The maximum absolute atomic E-state index is 9.63. The summed E-state index contributed by atoms with van der Waals surface area (Å²) in [5, 5.41) is 21.4. The zero-order chi connectivity index (χ0) is 21.3. The van der Waals surface area contributed by atoms with E-state index in [9.17, 15) is 5.11 Å². The Morgan fingerprint density at radius 1 is 1.17 bits per heavy atom. The summed E-state index contributed by atoms with van der Waals surface area (Å²) in [5.74, 6) is 1.22. The highest BCUT2D eigenvalue weighted by Gasteiger charge is 2.22. The maximum atomic E-state index is 9.63. The monoisotopic (exact) mass is 417 g/mol. The van der Waals surface area contributed by atoms with E-state index in [2.05, 4.69) is 43.3 Å². The largest absolute Gasteiger partial charge is 0.397 e. The minimum Gasteiger partial charge on any atom is -0.397 e. The summed E-state index contributed by atoms with van der Waals surface area (Å²) in [6, 6.07) is 5.47. The van der Waals surface area contributed by atoms with Gasteiger partial charge in [-0.05, 0) is 44.9 Å². The van der Waals surface area contributed by atoms with E-state index in [1.807, 2.05) is 10.7 Å². The van der Waals surface area contributed by atoms with Crippen LogP contribution >= 0.6 is 11.6 Å². The second kappa shape index (κ2) is 8.42. The number of rotatable bonds is 7. The van der Waals surface area contributed by atoms with Gasteiger partial charge in [0, 0.05) is 18.3 Å². The molecule has 5 N–H and O–H groups in total. The summed E-state index contributed by atoms with van der Waals surface area (Å²) in [4.78, 5) is 9.36. The van der Waals surface area contributed by atoms with Crippen LogP contribution in [-0.4, -0.2) is 37.5 Å². The highest BCUT2D eigenvalue weighted by atomic mass is 35.5. The average Bonchev–Trinajstić information content (AvgIpc) is 3.03. The second-order valence-electron chi connectivity index (χ2n) is 7.76. The van der Waals surface area contributed by atoms with E-state index in [0.717, 1.165) is 22.4 Å². The van der Waals surface area contributed by atoms with Crippen molar-refractivity contribution in [2.75, 3.05) is 22.9 Å². The van der Waals surface area contributed by atoms with Crippen LogP contribution in [0.5, 0.6) is 0 Å². The quantitative estimate of drug-likeness (QED) is 0.423. The first-order chi connectivity index (χ1) is 13.7. The molecule has 0 spiro atoms. The Labute approximate surface area is 175 Å². The zero-order valence-electron chi connectivity index (χ0n) is 17.4. The summed E-state index contributed by atoms with van der Waals surface area (Å²) < 4.78 is 1.94. The Morgan fingerprint density at radius 3 is 2.48 bits per heavy atom. The van der Waals surface area contributed by atoms with E-state index in [1.54, 1.807) is 19.1 Å². The van der Waals surface area contributed by atoms with Crippen molar-refractivity contribution < 1.29 is 5.11 Å². The van der Waals surface area contributed by atoms with Crippen LogP contribution in [0, 0.1) is 0 Å². The standard InChI is InChI=1S/C20H28ClN7O/c1-10(2)16-17-18(28(27-16)11(3)4)19(26-20(25-17)23-9-12(5)29)24-13-6-7-14(21)15(22)8-13/h6-8,10-12,29H,9,22H2,1-5H3,(H2,23,24,25,26). The molecule has 9 heteroatoms. The second-order valence-corrected chi connectivity index (χ2v) is 8.17. The summed E-state index contributed by atoms with van der Waals surface area (Å²) in [6.07, 6.45) is -0.523. The maximum Gasteiger partial charge on any atom is 0.225 e. The molecule has 3 rings (SSSR count). The lowest BCUT2D eigenvalue weighted by atomic mass is 10.1. The van der Waals surface area contributed by atoms with E-state index < -0.39 is 6.10 Å². The van der Waals surface area contributed by atoms with Crippen LogP contribution in [0.15, 0.2) is 18.2 Å². The summed E-state index contributed by atoms with van der Waals surface area (Å²) in [6.45, 7) is 10.4. The number of halogens is 1. The van der Waals surface area contributed by atoms with Crippen LogP contribution in [0.25, 0.3) is 11.0 Å². The summed E-state index contributed by atoms with van der Waals surface area (Å²) in [7, 11) is 0. The van der Waals surface area contributed by atoms with Crippen molar-refractivity contribution in [3.8, 4) is 0 Å². The number of hydrogen-bond donors (Lipinski definition) is 4. The third-order valence-electron chi connectivity index (χ3n) is 4.42. The molecule has 2 aromatic heterocycles. The first-order valence-electron chi connectivity index (χ1n) is 9.71. The van der Waals surface area contributed by atoms with Gasteiger partial charge in [0.2, 0.25) is 5.95 Å². The Bertz CT molecular complexity index is 1010. The van der Waals surface area contributed by atoms with Gasteiger partial charge in [0.25, 0.3) is 0 Å². The van der Waals surface area contributed by atoms with Gasteiger partial charge in [0.15, 0.2) is 5.82 Å². The summed E-state index contributed by atoms with van der Waals surface area (Å²) >= 11 is 6.05. The lowest BCUT2D eigenvalue weighted by molar-refractivity contribution is 0.208. The fraction of sp³-hybridized carbons (Fsp3) is 0.450. The third kappa shape index (κ3) is 4.54. The number of aliphatic hydroxyl groups is 1. The van der Waals surface area contributed by atoms with Gasteiger partial charge >= 0.3 is 0 Å². The molecule has 29 heavy (non-hydrogen) atoms. The molecule has 3 aromatic rings. The Hall–Kier alpha value is -2.58. The Balaban J connectivity index is 2.19. The third-order valence-corrected chi connectivity index (χ3v) is 4.77. The van der Waals surface area contributed by atoms with Crippen LogP contribution in [-0.2, 0) is 0 Å². The molecule has 1 aromatic carbocycles. The van der Waals surface area contributed by atoms with Gasteiger partial charge in [0.05, 0.1) is 22.5 Å². The van der Waals surface area contributed by atoms with Crippen molar-refractivity contribution in [2.45, 2.75) is 52.7 Å². The zero-order valence-corrected chi connectivity index (χ0v) is 18.1. The van der Waals surface area contributed by atoms with Crippen LogP contribution in [0.3, 0.4) is 0 Å². The average molecular weight is 418 g/mol. The molecule has 0 aliphatic carbocycles. The SMILES string of the molecule is CC(O)CNc1nc(Nc2ccc(Cl)c(N)c2)c2c(n1)c(C(C)C)nn2C(C)C. The van der Waals surface area contributed by atoms with E-state index in [1.165, 1.54) is 0 Å². The highest BCUT2D eigenvalue weighted by molar-refractivity contribution is 6.33. The molecule has 0 bridgehead atoms. The number of aromatic nitrogens is 4.